The van der Waals surface area contributed by atoms with Crippen LogP contribution >= 0.6 is 15.9 Å². The summed E-state index contributed by atoms with van der Waals surface area (Å²) >= 11 is 3.64. The second kappa shape index (κ2) is 16.5. The Hall–Kier alpha value is -4.08. The number of ether oxygens (including phenoxy) is 5. The van der Waals surface area contributed by atoms with Gasteiger partial charge in [0.25, 0.3) is 0 Å². The molecule has 0 radical (unpaired) electrons. The fraction of sp³-hybridized carbons (Fsp3) is 0.238. The molecular weight excluding hydrogens is 678 g/mol. The molecule has 1 aromatic heterocycles. The predicted molar refractivity (Wildman–Crippen MR) is 195 cm³/mol. The molecule has 0 spiro atoms. The van der Waals surface area contributed by atoms with E-state index < -0.39 is 30.6 Å². The van der Waals surface area contributed by atoms with Crippen LogP contribution in [0.3, 0.4) is 0 Å². The monoisotopic (exact) mass is 717 g/mol. The molecule has 49 heavy (non-hydrogen) atoms. The van der Waals surface area contributed by atoms with Crippen LogP contribution in [-0.2, 0) is 50.1 Å². The Morgan fingerprint density at radius 2 is 1.02 bits per heavy atom. The van der Waals surface area contributed by atoms with E-state index in [-0.39, 0.29) is 0 Å². The summed E-state index contributed by atoms with van der Waals surface area (Å²) in [6, 6.07) is 49.2. The Bertz CT molecular complexity index is 1870. The number of benzene rings is 5. The van der Waals surface area contributed by atoms with E-state index in [2.05, 4.69) is 99.5 Å². The van der Waals surface area contributed by atoms with Gasteiger partial charge in [-0.3, -0.25) is 0 Å². The highest BCUT2D eigenvalue weighted by Gasteiger charge is 2.49. The first kappa shape index (κ1) is 33.4. The molecule has 7 rings (SSSR count). The number of rotatable bonds is 14. The first-order chi connectivity index (χ1) is 24.2. The summed E-state index contributed by atoms with van der Waals surface area (Å²) in [5.41, 5.74) is 5.34. The van der Waals surface area contributed by atoms with Gasteiger partial charge in [0, 0.05) is 16.1 Å². The number of hydrogen-bond acceptors (Lipinski definition) is 5. The van der Waals surface area contributed by atoms with Crippen LogP contribution in [0.5, 0.6) is 0 Å². The van der Waals surface area contributed by atoms with E-state index in [1.54, 1.807) is 0 Å². The minimum atomic E-state index is -0.523. The molecule has 0 amide bonds. The van der Waals surface area contributed by atoms with E-state index in [1.165, 1.54) is 0 Å². The highest BCUT2D eigenvalue weighted by atomic mass is 79.9. The summed E-state index contributed by atoms with van der Waals surface area (Å²) < 4.78 is 37.2. The molecule has 250 valence electrons. The zero-order valence-electron chi connectivity index (χ0n) is 27.2. The van der Waals surface area contributed by atoms with Crippen LogP contribution in [-0.4, -0.2) is 35.6 Å². The highest BCUT2D eigenvalue weighted by molar-refractivity contribution is 9.10. The standard InChI is InChI=1S/C42H40BrNO5/c43-36-21-22-37-35(25-36)23-24-44(37)42-41(48-29-34-19-11-4-12-20-34)40(47-28-33-17-9-3-10-18-33)39(46-27-32-15-7-2-8-16-32)38(49-42)30-45-26-31-13-5-1-6-14-31/h1-25,38-42H,26-30H2/t38-,39-,40+,41-,42-/m1/s1. The van der Waals surface area contributed by atoms with Crippen molar-refractivity contribution >= 4 is 26.8 Å². The molecule has 0 aliphatic carbocycles. The van der Waals surface area contributed by atoms with Gasteiger partial charge in [-0.1, -0.05) is 137 Å². The molecular formula is C42H40BrNO5. The van der Waals surface area contributed by atoms with Crippen LogP contribution in [0.15, 0.2) is 156 Å². The van der Waals surface area contributed by atoms with Gasteiger partial charge in [0.1, 0.15) is 24.4 Å². The molecule has 5 aromatic carbocycles. The van der Waals surface area contributed by atoms with Crippen LogP contribution < -0.4 is 0 Å². The minimum absolute atomic E-state index is 0.312. The normalized spacial score (nSPS) is 20.8. The molecule has 1 aliphatic heterocycles. The summed E-state index contributed by atoms with van der Waals surface area (Å²) in [6.07, 6.45) is -0.415. The summed E-state index contributed by atoms with van der Waals surface area (Å²) in [5, 5.41) is 1.10. The zero-order valence-corrected chi connectivity index (χ0v) is 28.8. The van der Waals surface area contributed by atoms with Gasteiger partial charge in [0.05, 0.1) is 38.6 Å². The van der Waals surface area contributed by atoms with Crippen molar-refractivity contribution in [3.05, 3.63) is 179 Å². The van der Waals surface area contributed by atoms with Crippen molar-refractivity contribution in [1.82, 2.24) is 4.57 Å². The molecule has 5 atom stereocenters. The average Bonchev–Trinajstić information content (AvgIpc) is 3.57. The van der Waals surface area contributed by atoms with Crippen molar-refractivity contribution in [1.29, 1.82) is 0 Å². The SMILES string of the molecule is Brc1ccc2c(ccn2[C@@H]2O[C@H](COCc3ccccc3)[C@@H](OCc3ccccc3)[C@H](OCc3ccccc3)[C@H]2OCc2ccccc2)c1. The Morgan fingerprint density at radius 1 is 0.531 bits per heavy atom. The van der Waals surface area contributed by atoms with Crippen molar-refractivity contribution in [2.75, 3.05) is 6.61 Å². The molecule has 0 N–H and O–H groups in total. The van der Waals surface area contributed by atoms with Crippen LogP contribution in [0, 0.1) is 0 Å². The van der Waals surface area contributed by atoms with Crippen LogP contribution in [0.1, 0.15) is 28.5 Å². The Balaban J connectivity index is 1.26. The molecule has 6 nitrogen and oxygen atoms in total. The van der Waals surface area contributed by atoms with Gasteiger partial charge in [-0.15, -0.1) is 0 Å². The second-order valence-electron chi connectivity index (χ2n) is 12.3. The van der Waals surface area contributed by atoms with Gasteiger partial charge in [0.2, 0.25) is 0 Å². The molecule has 7 heteroatoms. The molecule has 1 saturated heterocycles. The van der Waals surface area contributed by atoms with Gasteiger partial charge in [-0.2, -0.15) is 0 Å². The Morgan fingerprint density at radius 3 is 1.57 bits per heavy atom. The fourth-order valence-corrected chi connectivity index (χ4v) is 6.72. The Kier molecular flexibility index (Phi) is 11.3. The molecule has 6 aromatic rings. The lowest BCUT2D eigenvalue weighted by atomic mass is 9.96. The van der Waals surface area contributed by atoms with Crippen LogP contribution in [0.4, 0.5) is 0 Å². The van der Waals surface area contributed by atoms with Gasteiger partial charge in [-0.25, -0.2) is 0 Å². The number of fused-ring (bicyclic) bond motifs is 1. The topological polar surface area (TPSA) is 51.1 Å². The van der Waals surface area contributed by atoms with Gasteiger partial charge in [-0.05, 0) is 46.5 Å². The highest BCUT2D eigenvalue weighted by Crippen LogP contribution is 2.38. The first-order valence-corrected chi connectivity index (χ1v) is 17.5. The summed E-state index contributed by atoms with van der Waals surface area (Å²) in [6.45, 7) is 1.95. The lowest BCUT2D eigenvalue weighted by Crippen LogP contribution is -2.59. The predicted octanol–water partition coefficient (Wildman–Crippen LogP) is 9.27. The van der Waals surface area contributed by atoms with E-state index in [0.29, 0.717) is 33.0 Å². The third-order valence-electron chi connectivity index (χ3n) is 8.82. The van der Waals surface area contributed by atoms with Crippen LogP contribution in [0.2, 0.25) is 0 Å². The maximum atomic E-state index is 7.09. The lowest BCUT2D eigenvalue weighted by molar-refractivity contribution is -0.289. The van der Waals surface area contributed by atoms with Crippen molar-refractivity contribution in [2.24, 2.45) is 0 Å². The molecule has 1 fully saturated rings. The smallest absolute Gasteiger partial charge is 0.163 e. The number of halogens is 1. The number of aromatic nitrogens is 1. The fourth-order valence-electron chi connectivity index (χ4n) is 6.35. The van der Waals surface area contributed by atoms with E-state index in [9.17, 15) is 0 Å². The summed E-state index contributed by atoms with van der Waals surface area (Å²) in [5.74, 6) is 0. The quantitative estimate of drug-likeness (QED) is 0.112. The third kappa shape index (κ3) is 8.57. The largest absolute Gasteiger partial charge is 0.374 e. The Labute approximate surface area is 296 Å². The van der Waals surface area contributed by atoms with E-state index in [1.807, 2.05) is 72.8 Å². The second-order valence-corrected chi connectivity index (χ2v) is 13.2. The van der Waals surface area contributed by atoms with E-state index >= 15 is 0 Å². The van der Waals surface area contributed by atoms with E-state index in [4.69, 9.17) is 23.7 Å². The zero-order chi connectivity index (χ0) is 33.3. The first-order valence-electron chi connectivity index (χ1n) is 16.7. The van der Waals surface area contributed by atoms with E-state index in [0.717, 1.165) is 37.6 Å². The lowest BCUT2D eigenvalue weighted by Gasteiger charge is -2.46. The third-order valence-corrected chi connectivity index (χ3v) is 9.31. The summed E-state index contributed by atoms with van der Waals surface area (Å²) in [4.78, 5) is 0. The maximum absolute atomic E-state index is 7.09. The average molecular weight is 719 g/mol. The van der Waals surface area contributed by atoms with Gasteiger partial charge >= 0.3 is 0 Å². The van der Waals surface area contributed by atoms with Gasteiger partial charge in [0.15, 0.2) is 6.23 Å². The van der Waals surface area contributed by atoms with Crippen molar-refractivity contribution in [2.45, 2.75) is 57.1 Å². The van der Waals surface area contributed by atoms with Crippen LogP contribution in [0.25, 0.3) is 10.9 Å². The molecule has 2 heterocycles. The number of nitrogens with zero attached hydrogens (tertiary/aromatic N) is 1. The van der Waals surface area contributed by atoms with Crippen molar-refractivity contribution < 1.29 is 23.7 Å². The molecule has 0 saturated carbocycles. The maximum Gasteiger partial charge on any atom is 0.163 e. The van der Waals surface area contributed by atoms with Crippen molar-refractivity contribution in [3.8, 4) is 0 Å². The minimum Gasteiger partial charge on any atom is -0.374 e. The van der Waals surface area contributed by atoms with Crippen molar-refractivity contribution in [3.63, 3.8) is 0 Å². The number of hydrogen-bond donors (Lipinski definition) is 0. The molecule has 0 bridgehead atoms. The molecule has 1 aliphatic rings. The summed E-state index contributed by atoms with van der Waals surface area (Å²) in [7, 11) is 0. The molecule has 0 unspecified atom stereocenters. The van der Waals surface area contributed by atoms with Gasteiger partial charge < -0.3 is 28.3 Å².